The van der Waals surface area contributed by atoms with Gasteiger partial charge in [-0.25, -0.2) is 0 Å². The molecular weight excluding hydrogens is 194 g/mol. The summed E-state index contributed by atoms with van der Waals surface area (Å²) in [6.07, 6.45) is 3.39. The molecule has 2 rings (SSSR count). The van der Waals surface area contributed by atoms with Crippen molar-refractivity contribution in [3.63, 3.8) is 0 Å². The van der Waals surface area contributed by atoms with E-state index in [4.69, 9.17) is 11.5 Å². The number of hydrogen-bond acceptors (Lipinski definition) is 4. The number of hydrogen-bond donors (Lipinski definition) is 2. The summed E-state index contributed by atoms with van der Waals surface area (Å²) in [5, 5.41) is 2.00. The monoisotopic (exact) mass is 205 g/mol. The molecule has 4 heteroatoms. The first-order chi connectivity index (χ1) is 6.79. The molecule has 2 heterocycles. The third-order valence-electron chi connectivity index (χ3n) is 2.07. The highest BCUT2D eigenvalue weighted by Crippen LogP contribution is 2.26. The molecule has 4 N–H and O–H groups in total. The Labute approximate surface area is 86.4 Å². The summed E-state index contributed by atoms with van der Waals surface area (Å²) in [7, 11) is 0. The van der Waals surface area contributed by atoms with E-state index >= 15 is 0 Å². The zero-order valence-corrected chi connectivity index (χ0v) is 8.37. The number of anilines is 1. The Bertz CT molecular complexity index is 411. The van der Waals surface area contributed by atoms with E-state index in [1.807, 2.05) is 17.5 Å². The number of rotatable bonds is 2. The standard InChI is InChI=1S/C10H11N3S/c11-8-3-4-13-6-7(8)10(12)9-2-1-5-14-9/h1-6,10H,12H2,(H2,11,13). The summed E-state index contributed by atoms with van der Waals surface area (Å²) in [5.41, 5.74) is 13.4. The summed E-state index contributed by atoms with van der Waals surface area (Å²) in [5.74, 6) is 0. The normalized spacial score (nSPS) is 12.6. The number of aromatic nitrogens is 1. The van der Waals surface area contributed by atoms with Crippen LogP contribution in [0.3, 0.4) is 0 Å². The van der Waals surface area contributed by atoms with Crippen LogP contribution in [0.5, 0.6) is 0 Å². The quantitative estimate of drug-likeness (QED) is 0.785. The second-order valence-corrected chi connectivity index (χ2v) is 3.98. The lowest BCUT2D eigenvalue weighted by molar-refractivity contribution is 0.888. The minimum atomic E-state index is -0.163. The van der Waals surface area contributed by atoms with Gasteiger partial charge in [-0.1, -0.05) is 6.07 Å². The molecule has 1 atom stereocenters. The lowest BCUT2D eigenvalue weighted by Crippen LogP contribution is -2.12. The summed E-state index contributed by atoms with van der Waals surface area (Å²) in [6, 6.07) is 5.58. The molecule has 0 bridgehead atoms. The molecule has 0 aromatic carbocycles. The molecule has 0 fully saturated rings. The van der Waals surface area contributed by atoms with Crippen LogP contribution in [0.2, 0.25) is 0 Å². The minimum absolute atomic E-state index is 0.163. The van der Waals surface area contributed by atoms with E-state index in [0.29, 0.717) is 5.69 Å². The van der Waals surface area contributed by atoms with Crippen LogP contribution >= 0.6 is 11.3 Å². The Balaban J connectivity index is 2.37. The van der Waals surface area contributed by atoms with E-state index in [1.165, 1.54) is 0 Å². The van der Waals surface area contributed by atoms with E-state index < -0.39 is 0 Å². The number of nitrogen functional groups attached to an aromatic ring is 1. The van der Waals surface area contributed by atoms with Crippen LogP contribution in [-0.4, -0.2) is 4.98 Å². The predicted octanol–water partition coefficient (Wildman–Crippen LogP) is 1.77. The van der Waals surface area contributed by atoms with Crippen molar-refractivity contribution in [3.05, 3.63) is 46.4 Å². The van der Waals surface area contributed by atoms with Gasteiger partial charge in [-0.05, 0) is 17.5 Å². The Kier molecular flexibility index (Phi) is 2.47. The molecule has 0 aliphatic rings. The van der Waals surface area contributed by atoms with E-state index in [2.05, 4.69) is 4.98 Å². The van der Waals surface area contributed by atoms with Gasteiger partial charge in [0.1, 0.15) is 0 Å². The molecule has 72 valence electrons. The molecule has 0 saturated heterocycles. The average molecular weight is 205 g/mol. The lowest BCUT2D eigenvalue weighted by Gasteiger charge is -2.11. The molecule has 0 aliphatic carbocycles. The molecule has 1 unspecified atom stereocenters. The third kappa shape index (κ3) is 1.62. The zero-order valence-electron chi connectivity index (χ0n) is 7.55. The van der Waals surface area contributed by atoms with Crippen LogP contribution in [0.1, 0.15) is 16.5 Å². The van der Waals surface area contributed by atoms with Gasteiger partial charge in [-0.3, -0.25) is 4.98 Å². The Morgan fingerprint density at radius 1 is 1.36 bits per heavy atom. The number of nitrogens with zero attached hydrogens (tertiary/aromatic N) is 1. The maximum Gasteiger partial charge on any atom is 0.0681 e. The number of nitrogens with two attached hydrogens (primary N) is 2. The van der Waals surface area contributed by atoms with Crippen molar-refractivity contribution in [3.8, 4) is 0 Å². The fourth-order valence-electron chi connectivity index (χ4n) is 1.30. The van der Waals surface area contributed by atoms with Gasteiger partial charge in [0.25, 0.3) is 0 Å². The second kappa shape index (κ2) is 3.77. The van der Waals surface area contributed by atoms with Gasteiger partial charge in [0.2, 0.25) is 0 Å². The van der Waals surface area contributed by atoms with Crippen molar-refractivity contribution in [2.45, 2.75) is 6.04 Å². The van der Waals surface area contributed by atoms with Gasteiger partial charge in [-0.15, -0.1) is 11.3 Å². The number of pyridine rings is 1. The highest BCUT2D eigenvalue weighted by molar-refractivity contribution is 7.10. The highest BCUT2D eigenvalue weighted by Gasteiger charge is 2.12. The largest absolute Gasteiger partial charge is 0.398 e. The molecule has 14 heavy (non-hydrogen) atoms. The van der Waals surface area contributed by atoms with Crippen molar-refractivity contribution in [2.24, 2.45) is 5.73 Å². The van der Waals surface area contributed by atoms with Crippen LogP contribution in [-0.2, 0) is 0 Å². The minimum Gasteiger partial charge on any atom is -0.398 e. The van der Waals surface area contributed by atoms with Gasteiger partial charge < -0.3 is 11.5 Å². The molecule has 0 amide bonds. The van der Waals surface area contributed by atoms with E-state index in [-0.39, 0.29) is 6.04 Å². The molecule has 2 aromatic rings. The maximum atomic E-state index is 6.05. The molecule has 0 aliphatic heterocycles. The zero-order chi connectivity index (χ0) is 9.97. The van der Waals surface area contributed by atoms with Crippen molar-refractivity contribution in [2.75, 3.05) is 5.73 Å². The van der Waals surface area contributed by atoms with Gasteiger partial charge in [0, 0.05) is 28.5 Å². The molecule has 3 nitrogen and oxygen atoms in total. The molecule has 0 radical (unpaired) electrons. The van der Waals surface area contributed by atoms with Crippen LogP contribution < -0.4 is 11.5 Å². The van der Waals surface area contributed by atoms with Crippen LogP contribution in [0.4, 0.5) is 5.69 Å². The van der Waals surface area contributed by atoms with Gasteiger partial charge in [0.05, 0.1) is 6.04 Å². The van der Waals surface area contributed by atoms with Crippen molar-refractivity contribution >= 4 is 17.0 Å². The molecule has 0 spiro atoms. The fraction of sp³-hybridized carbons (Fsp3) is 0.100. The van der Waals surface area contributed by atoms with Gasteiger partial charge in [-0.2, -0.15) is 0 Å². The van der Waals surface area contributed by atoms with E-state index in [0.717, 1.165) is 10.4 Å². The summed E-state index contributed by atoms with van der Waals surface area (Å²) in [4.78, 5) is 5.12. The topological polar surface area (TPSA) is 64.9 Å². The van der Waals surface area contributed by atoms with Crippen molar-refractivity contribution < 1.29 is 0 Å². The second-order valence-electron chi connectivity index (χ2n) is 3.00. The first kappa shape index (κ1) is 9.18. The van der Waals surface area contributed by atoms with Gasteiger partial charge >= 0.3 is 0 Å². The SMILES string of the molecule is Nc1ccncc1C(N)c1cccs1. The van der Waals surface area contributed by atoms with E-state index in [9.17, 15) is 0 Å². The molecular formula is C10H11N3S. The average Bonchev–Trinajstić information content (AvgIpc) is 2.70. The third-order valence-corrected chi connectivity index (χ3v) is 3.03. The van der Waals surface area contributed by atoms with E-state index in [1.54, 1.807) is 29.8 Å². The van der Waals surface area contributed by atoms with Crippen molar-refractivity contribution in [1.82, 2.24) is 4.98 Å². The molecule has 0 saturated carbocycles. The first-order valence-electron chi connectivity index (χ1n) is 4.27. The Morgan fingerprint density at radius 2 is 2.21 bits per heavy atom. The van der Waals surface area contributed by atoms with Crippen LogP contribution in [0.15, 0.2) is 36.0 Å². The lowest BCUT2D eigenvalue weighted by atomic mass is 10.1. The summed E-state index contributed by atoms with van der Waals surface area (Å²) < 4.78 is 0. The Morgan fingerprint density at radius 3 is 2.86 bits per heavy atom. The first-order valence-corrected chi connectivity index (χ1v) is 5.15. The van der Waals surface area contributed by atoms with Crippen LogP contribution in [0, 0.1) is 0 Å². The fourth-order valence-corrected chi connectivity index (χ4v) is 2.04. The predicted molar refractivity (Wildman–Crippen MR) is 59.0 cm³/mol. The van der Waals surface area contributed by atoms with Crippen molar-refractivity contribution in [1.29, 1.82) is 0 Å². The highest BCUT2D eigenvalue weighted by atomic mass is 32.1. The van der Waals surface area contributed by atoms with Gasteiger partial charge in [0.15, 0.2) is 0 Å². The van der Waals surface area contributed by atoms with Crippen LogP contribution in [0.25, 0.3) is 0 Å². The Hall–Kier alpha value is -1.39. The smallest absolute Gasteiger partial charge is 0.0681 e. The maximum absolute atomic E-state index is 6.05. The summed E-state index contributed by atoms with van der Waals surface area (Å²) in [6.45, 7) is 0. The molecule has 2 aromatic heterocycles. The number of thiophene rings is 1. The summed E-state index contributed by atoms with van der Waals surface area (Å²) >= 11 is 1.63.